The van der Waals surface area contributed by atoms with E-state index in [0.717, 1.165) is 0 Å². The van der Waals surface area contributed by atoms with Crippen molar-refractivity contribution < 1.29 is 19.4 Å². The van der Waals surface area contributed by atoms with E-state index in [2.05, 4.69) is 21.6 Å². The zero-order valence-electron chi connectivity index (χ0n) is 24.4. The summed E-state index contributed by atoms with van der Waals surface area (Å²) < 4.78 is 5.74. The van der Waals surface area contributed by atoms with E-state index < -0.39 is 46.9 Å². The zero-order valence-corrected chi connectivity index (χ0v) is 25.2. The van der Waals surface area contributed by atoms with Crippen LogP contribution in [0.4, 0.5) is 0 Å². The van der Waals surface area contributed by atoms with Gasteiger partial charge >= 0.3 is 5.56 Å². The van der Waals surface area contributed by atoms with Crippen molar-refractivity contribution in [1.82, 2.24) is 20.4 Å². The van der Waals surface area contributed by atoms with Gasteiger partial charge in [0.1, 0.15) is 11.8 Å². The molecule has 2 aromatic rings. The number of hydrogen-bond acceptors (Lipinski definition) is 7. The fraction of sp³-hybridized carbons (Fsp3) is 0.452. The van der Waals surface area contributed by atoms with Crippen LogP contribution in [0, 0.1) is 36.0 Å². The Morgan fingerprint density at radius 2 is 2.05 bits per heavy atom. The smallest absolute Gasteiger partial charge is 0.307 e. The summed E-state index contributed by atoms with van der Waals surface area (Å²) in [6.07, 6.45) is 7.66. The summed E-state index contributed by atoms with van der Waals surface area (Å²) in [5.74, 6) is -0.565. The van der Waals surface area contributed by atoms with E-state index in [1.54, 1.807) is 44.7 Å². The highest BCUT2D eigenvalue weighted by Crippen LogP contribution is 2.47. The largest absolute Gasteiger partial charge is 0.451 e. The van der Waals surface area contributed by atoms with Crippen LogP contribution in [0.25, 0.3) is 0 Å². The van der Waals surface area contributed by atoms with Crippen LogP contribution in [-0.4, -0.2) is 56.8 Å². The van der Waals surface area contributed by atoms with E-state index in [0.29, 0.717) is 41.3 Å². The quantitative estimate of drug-likeness (QED) is 0.414. The molecule has 2 heterocycles. The van der Waals surface area contributed by atoms with Gasteiger partial charge in [-0.3, -0.25) is 14.4 Å². The second-order valence-electron chi connectivity index (χ2n) is 11.8. The molecule has 0 bridgehead atoms. The summed E-state index contributed by atoms with van der Waals surface area (Å²) in [7, 11) is 0. The molecule has 11 heteroatoms. The molecule has 2 amide bonds. The van der Waals surface area contributed by atoms with Gasteiger partial charge in [0.25, 0.3) is 5.91 Å². The molecule has 42 heavy (non-hydrogen) atoms. The third kappa shape index (κ3) is 6.27. The Balaban J connectivity index is 1.57. The molecule has 1 aliphatic carbocycles. The number of nitrogens with one attached hydrogen (secondary N) is 2. The Morgan fingerprint density at radius 3 is 2.69 bits per heavy atom. The molecule has 0 radical (unpaired) electrons. The Hall–Kier alpha value is -3.94. The Morgan fingerprint density at radius 1 is 1.31 bits per heavy atom. The highest BCUT2D eigenvalue weighted by Gasteiger charge is 2.51. The number of hydrogen-bond donors (Lipinski definition) is 3. The number of likely N-dealkylation sites (tertiary alicyclic amines) is 1. The molecule has 0 saturated carbocycles. The maximum Gasteiger partial charge on any atom is 0.307 e. The lowest BCUT2D eigenvalue weighted by molar-refractivity contribution is -0.141. The minimum Gasteiger partial charge on any atom is -0.451 e. The second kappa shape index (κ2) is 12.1. The van der Waals surface area contributed by atoms with Crippen LogP contribution in [0.2, 0.25) is 0 Å². The number of halogens is 1. The number of aliphatic hydroxyl groups is 1. The number of aromatic amines is 1. The summed E-state index contributed by atoms with van der Waals surface area (Å²) in [6.45, 7) is 8.45. The molecule has 4 rings (SSSR count). The van der Waals surface area contributed by atoms with Gasteiger partial charge in [0.05, 0.1) is 29.8 Å². The first-order valence-electron chi connectivity index (χ1n) is 13.8. The van der Waals surface area contributed by atoms with Crippen molar-refractivity contribution in [3.05, 3.63) is 74.7 Å². The van der Waals surface area contributed by atoms with Gasteiger partial charge in [-0.05, 0) is 76.8 Å². The normalized spacial score (nSPS) is 22.7. The SMILES string of the molecule is Cc1cc(Oc2ccc(C(=O)N[C@H](CO)C(=O)N3[C@H](C4(C)C=C(Cl)C=CC4)CC[C@@H]3C(C)(C)C#N)cc2C)c(=O)[nH]n1. The van der Waals surface area contributed by atoms with Crippen LogP contribution in [0.1, 0.15) is 61.6 Å². The van der Waals surface area contributed by atoms with Crippen LogP contribution in [0.5, 0.6) is 11.5 Å². The zero-order chi connectivity index (χ0) is 30.8. The minimum atomic E-state index is -1.23. The number of carbonyl (C=O) groups is 2. The number of aliphatic hydroxyl groups excluding tert-OH is 1. The summed E-state index contributed by atoms with van der Waals surface area (Å²) in [5.41, 5.74) is -0.414. The van der Waals surface area contributed by atoms with Crippen LogP contribution < -0.4 is 15.6 Å². The molecule has 10 nitrogen and oxygen atoms in total. The van der Waals surface area contributed by atoms with Gasteiger partial charge in [-0.25, -0.2) is 5.10 Å². The van der Waals surface area contributed by atoms with Gasteiger partial charge in [0.15, 0.2) is 5.75 Å². The van der Waals surface area contributed by atoms with Crippen molar-refractivity contribution in [2.24, 2.45) is 10.8 Å². The van der Waals surface area contributed by atoms with Gasteiger partial charge in [0.2, 0.25) is 5.91 Å². The second-order valence-corrected chi connectivity index (χ2v) is 12.3. The first kappa shape index (κ1) is 31.0. The number of H-pyrrole nitrogens is 1. The standard InChI is InChI=1S/C31H36ClN5O5/c1-18-13-20(8-9-23(18)42-24-14-19(2)35-36-28(24)40)27(39)34-22(16-38)29(41)37-25(30(3,4)17-33)10-11-26(37)31(5)12-6-7-21(32)15-31/h6-9,13-15,22,25-26,38H,10-12,16H2,1-5H3,(H,34,39)(H,36,40)/t22-,25-,26+,31?/m1/s1. The highest BCUT2D eigenvalue weighted by atomic mass is 35.5. The number of aryl methyl sites for hydroxylation is 2. The Kier molecular flexibility index (Phi) is 8.95. The third-order valence-corrected chi connectivity index (χ3v) is 8.40. The number of allylic oxidation sites excluding steroid dienone is 3. The third-order valence-electron chi connectivity index (χ3n) is 8.17. The molecule has 1 saturated heterocycles. The number of nitriles is 1. The molecular formula is C31H36ClN5O5. The fourth-order valence-electron chi connectivity index (χ4n) is 5.82. The van der Waals surface area contributed by atoms with Crippen molar-refractivity contribution in [3.63, 3.8) is 0 Å². The summed E-state index contributed by atoms with van der Waals surface area (Å²) in [5, 5.41) is 29.7. The lowest BCUT2D eigenvalue weighted by Crippen LogP contribution is -2.59. The molecule has 1 aliphatic heterocycles. The van der Waals surface area contributed by atoms with E-state index in [4.69, 9.17) is 16.3 Å². The maximum absolute atomic E-state index is 14.1. The number of rotatable bonds is 8. The van der Waals surface area contributed by atoms with Crippen LogP contribution >= 0.6 is 11.6 Å². The first-order chi connectivity index (χ1) is 19.8. The maximum atomic E-state index is 14.1. The predicted octanol–water partition coefficient (Wildman–Crippen LogP) is 4.27. The Labute approximate surface area is 250 Å². The molecular weight excluding hydrogens is 558 g/mol. The Bertz CT molecular complexity index is 1540. The van der Waals surface area contributed by atoms with Gasteiger partial charge in [0, 0.05) is 28.1 Å². The molecule has 1 unspecified atom stereocenters. The van der Waals surface area contributed by atoms with E-state index in [9.17, 15) is 24.8 Å². The van der Waals surface area contributed by atoms with Crippen molar-refractivity contribution in [3.8, 4) is 17.6 Å². The molecule has 2 aliphatic rings. The van der Waals surface area contributed by atoms with Crippen molar-refractivity contribution >= 4 is 23.4 Å². The molecule has 222 valence electrons. The summed E-state index contributed by atoms with van der Waals surface area (Å²) in [6, 6.07) is 6.57. The average molecular weight is 594 g/mol. The summed E-state index contributed by atoms with van der Waals surface area (Å²) >= 11 is 6.36. The van der Waals surface area contributed by atoms with Gasteiger partial charge in [-0.15, -0.1) is 0 Å². The van der Waals surface area contributed by atoms with Crippen LogP contribution in [-0.2, 0) is 4.79 Å². The minimum absolute atomic E-state index is 0.0713. The van der Waals surface area contributed by atoms with Crippen molar-refractivity contribution in [1.29, 1.82) is 5.26 Å². The van der Waals surface area contributed by atoms with Gasteiger partial charge < -0.3 is 20.1 Å². The first-order valence-corrected chi connectivity index (χ1v) is 14.2. The monoisotopic (exact) mass is 593 g/mol. The number of aromatic nitrogens is 2. The van der Waals surface area contributed by atoms with E-state index in [1.165, 1.54) is 12.1 Å². The fourth-order valence-corrected chi connectivity index (χ4v) is 6.15. The number of benzene rings is 1. The molecule has 3 N–H and O–H groups in total. The molecule has 0 spiro atoms. The van der Waals surface area contributed by atoms with Crippen molar-refractivity contribution in [2.75, 3.05) is 6.61 Å². The molecule has 1 fully saturated rings. The lowest BCUT2D eigenvalue weighted by atomic mass is 9.75. The topological polar surface area (TPSA) is 148 Å². The number of amides is 2. The van der Waals surface area contributed by atoms with Crippen LogP contribution in [0.15, 0.2) is 52.3 Å². The highest BCUT2D eigenvalue weighted by molar-refractivity contribution is 6.31. The molecule has 1 aromatic heterocycles. The number of carbonyl (C=O) groups excluding carboxylic acids is 2. The molecule has 4 atom stereocenters. The summed E-state index contributed by atoms with van der Waals surface area (Å²) in [4.78, 5) is 41.1. The van der Waals surface area contributed by atoms with E-state index >= 15 is 0 Å². The lowest BCUT2D eigenvalue weighted by Gasteiger charge is -2.44. The van der Waals surface area contributed by atoms with E-state index in [1.807, 2.05) is 25.2 Å². The predicted molar refractivity (Wildman–Crippen MR) is 158 cm³/mol. The number of ether oxygens (including phenoxy) is 1. The van der Waals surface area contributed by atoms with Crippen molar-refractivity contribution in [2.45, 2.75) is 72.0 Å². The molecule has 1 aromatic carbocycles. The van der Waals surface area contributed by atoms with Crippen LogP contribution in [0.3, 0.4) is 0 Å². The number of nitrogens with zero attached hydrogens (tertiary/aromatic N) is 3. The van der Waals surface area contributed by atoms with Gasteiger partial charge in [-0.2, -0.15) is 10.4 Å². The average Bonchev–Trinajstić information content (AvgIpc) is 3.41. The van der Waals surface area contributed by atoms with E-state index in [-0.39, 0.29) is 17.4 Å². The van der Waals surface area contributed by atoms with Gasteiger partial charge in [-0.1, -0.05) is 30.7 Å².